The first-order valence-electron chi connectivity index (χ1n) is 5.95. The topological polar surface area (TPSA) is 71.1 Å². The first-order valence-corrected chi connectivity index (χ1v) is 5.95. The summed E-state index contributed by atoms with van der Waals surface area (Å²) in [6, 6.07) is 5.47. The van der Waals surface area contributed by atoms with Gasteiger partial charge in [0, 0.05) is 12.1 Å². The number of hydrogen-bond acceptors (Lipinski definition) is 4. The largest absolute Gasteiger partial charge is 0.377 e. The molecular weight excluding hydrogens is 232 g/mol. The Bertz CT molecular complexity index is 580. The number of morpholine rings is 1. The van der Waals surface area contributed by atoms with Crippen molar-refractivity contribution in [1.82, 2.24) is 20.3 Å². The molecule has 1 amide bonds. The van der Waals surface area contributed by atoms with Crippen LogP contribution in [0, 0.1) is 0 Å². The van der Waals surface area contributed by atoms with E-state index in [1.54, 1.807) is 18.2 Å². The van der Waals surface area contributed by atoms with Crippen molar-refractivity contribution < 1.29 is 9.53 Å². The maximum absolute atomic E-state index is 12.4. The number of H-pyrrole nitrogens is 1. The van der Waals surface area contributed by atoms with Crippen LogP contribution in [0.25, 0.3) is 11.0 Å². The van der Waals surface area contributed by atoms with E-state index in [9.17, 15) is 4.79 Å². The Morgan fingerprint density at radius 1 is 1.44 bits per heavy atom. The number of nitrogens with one attached hydrogen (secondary N) is 1. The SMILES string of the molecule is CC1COCCN1C(=O)c1ccc2n[nH]nc2c1. The van der Waals surface area contributed by atoms with Crippen LogP contribution >= 0.6 is 0 Å². The van der Waals surface area contributed by atoms with Crippen LogP contribution in [0.3, 0.4) is 0 Å². The number of carbonyl (C=O) groups is 1. The minimum absolute atomic E-state index is 0.0238. The van der Waals surface area contributed by atoms with E-state index in [-0.39, 0.29) is 11.9 Å². The average Bonchev–Trinajstić information content (AvgIpc) is 2.85. The molecule has 2 aromatic rings. The van der Waals surface area contributed by atoms with Crippen molar-refractivity contribution in [2.24, 2.45) is 0 Å². The summed E-state index contributed by atoms with van der Waals surface area (Å²) in [7, 11) is 0. The highest BCUT2D eigenvalue weighted by atomic mass is 16.5. The first-order chi connectivity index (χ1) is 8.75. The molecule has 1 aromatic heterocycles. The van der Waals surface area contributed by atoms with E-state index in [0.717, 1.165) is 5.52 Å². The number of aromatic nitrogens is 3. The number of benzene rings is 1. The van der Waals surface area contributed by atoms with E-state index in [4.69, 9.17) is 4.74 Å². The van der Waals surface area contributed by atoms with Gasteiger partial charge in [-0.25, -0.2) is 0 Å². The van der Waals surface area contributed by atoms with E-state index >= 15 is 0 Å². The predicted octanol–water partition coefficient (Wildman–Crippen LogP) is 0.819. The Balaban J connectivity index is 1.90. The van der Waals surface area contributed by atoms with Crippen molar-refractivity contribution >= 4 is 16.9 Å². The second-order valence-corrected chi connectivity index (χ2v) is 4.45. The molecule has 18 heavy (non-hydrogen) atoms. The van der Waals surface area contributed by atoms with E-state index in [1.165, 1.54) is 0 Å². The van der Waals surface area contributed by atoms with Crippen LogP contribution in [0.5, 0.6) is 0 Å². The van der Waals surface area contributed by atoms with Crippen LogP contribution in [0.1, 0.15) is 17.3 Å². The molecule has 0 saturated carbocycles. The summed E-state index contributed by atoms with van der Waals surface area (Å²) in [5.74, 6) is 0.0238. The first kappa shape index (κ1) is 11.2. The molecule has 94 valence electrons. The second-order valence-electron chi connectivity index (χ2n) is 4.45. The van der Waals surface area contributed by atoms with Crippen molar-refractivity contribution in [3.05, 3.63) is 23.8 Å². The maximum atomic E-state index is 12.4. The zero-order chi connectivity index (χ0) is 12.5. The van der Waals surface area contributed by atoms with Gasteiger partial charge in [-0.2, -0.15) is 15.4 Å². The van der Waals surface area contributed by atoms with Crippen LogP contribution in [-0.4, -0.2) is 52.0 Å². The highest BCUT2D eigenvalue weighted by Crippen LogP contribution is 2.15. The molecule has 1 aliphatic rings. The van der Waals surface area contributed by atoms with Gasteiger partial charge >= 0.3 is 0 Å². The fourth-order valence-corrected chi connectivity index (χ4v) is 2.17. The Hall–Kier alpha value is -1.95. The molecule has 1 unspecified atom stereocenters. The molecule has 6 nitrogen and oxygen atoms in total. The molecule has 1 saturated heterocycles. The maximum Gasteiger partial charge on any atom is 0.254 e. The quantitative estimate of drug-likeness (QED) is 0.808. The van der Waals surface area contributed by atoms with Gasteiger partial charge in [0.15, 0.2) is 0 Å². The highest BCUT2D eigenvalue weighted by Gasteiger charge is 2.24. The third kappa shape index (κ3) is 1.84. The van der Waals surface area contributed by atoms with Gasteiger partial charge in [-0.3, -0.25) is 4.79 Å². The zero-order valence-electron chi connectivity index (χ0n) is 10.1. The molecule has 0 spiro atoms. The van der Waals surface area contributed by atoms with Gasteiger partial charge in [0.05, 0.1) is 19.3 Å². The number of amides is 1. The fourth-order valence-electron chi connectivity index (χ4n) is 2.17. The van der Waals surface area contributed by atoms with Gasteiger partial charge in [0.25, 0.3) is 5.91 Å². The molecule has 6 heteroatoms. The highest BCUT2D eigenvalue weighted by molar-refractivity contribution is 5.97. The minimum atomic E-state index is 0.0238. The van der Waals surface area contributed by atoms with Gasteiger partial charge in [0.2, 0.25) is 0 Å². The Kier molecular flexibility index (Phi) is 2.71. The smallest absolute Gasteiger partial charge is 0.254 e. The van der Waals surface area contributed by atoms with Gasteiger partial charge in [0.1, 0.15) is 11.0 Å². The lowest BCUT2D eigenvalue weighted by molar-refractivity contribution is 0.00360. The summed E-state index contributed by atoms with van der Waals surface area (Å²) >= 11 is 0. The summed E-state index contributed by atoms with van der Waals surface area (Å²) in [6.45, 7) is 3.82. The summed E-state index contributed by atoms with van der Waals surface area (Å²) in [4.78, 5) is 14.2. The van der Waals surface area contributed by atoms with Crippen LogP contribution in [-0.2, 0) is 4.74 Å². The molecule has 1 aromatic carbocycles. The number of rotatable bonds is 1. The monoisotopic (exact) mass is 246 g/mol. The number of aromatic amines is 1. The summed E-state index contributed by atoms with van der Waals surface area (Å²) in [5.41, 5.74) is 2.12. The van der Waals surface area contributed by atoms with E-state index in [0.29, 0.717) is 30.8 Å². The van der Waals surface area contributed by atoms with E-state index < -0.39 is 0 Å². The number of fused-ring (bicyclic) bond motifs is 1. The lowest BCUT2D eigenvalue weighted by Gasteiger charge is -2.33. The molecule has 0 radical (unpaired) electrons. The Morgan fingerprint density at radius 3 is 3.11 bits per heavy atom. The molecule has 2 heterocycles. The van der Waals surface area contributed by atoms with Gasteiger partial charge in [-0.1, -0.05) is 0 Å². The average molecular weight is 246 g/mol. The molecule has 0 bridgehead atoms. The lowest BCUT2D eigenvalue weighted by Crippen LogP contribution is -2.47. The molecule has 1 N–H and O–H groups in total. The third-order valence-corrected chi connectivity index (χ3v) is 3.19. The number of nitrogens with zero attached hydrogens (tertiary/aromatic N) is 3. The van der Waals surface area contributed by atoms with Gasteiger partial charge < -0.3 is 9.64 Å². The van der Waals surface area contributed by atoms with Crippen molar-refractivity contribution in [2.45, 2.75) is 13.0 Å². The second kappa shape index (κ2) is 4.38. The number of carbonyl (C=O) groups excluding carboxylic acids is 1. The third-order valence-electron chi connectivity index (χ3n) is 3.19. The van der Waals surface area contributed by atoms with Crippen LogP contribution in [0.4, 0.5) is 0 Å². The normalized spacial score (nSPS) is 20.3. The van der Waals surface area contributed by atoms with Crippen molar-refractivity contribution in [3.63, 3.8) is 0 Å². The van der Waals surface area contributed by atoms with Gasteiger partial charge in [-0.15, -0.1) is 0 Å². The van der Waals surface area contributed by atoms with Crippen molar-refractivity contribution in [2.75, 3.05) is 19.8 Å². The van der Waals surface area contributed by atoms with Crippen LogP contribution in [0.15, 0.2) is 18.2 Å². The molecule has 1 atom stereocenters. The summed E-state index contributed by atoms with van der Waals surface area (Å²) < 4.78 is 5.33. The predicted molar refractivity (Wildman–Crippen MR) is 65.2 cm³/mol. The Morgan fingerprint density at radius 2 is 2.28 bits per heavy atom. The molecule has 1 aliphatic heterocycles. The molecule has 0 aliphatic carbocycles. The van der Waals surface area contributed by atoms with E-state index in [1.807, 2.05) is 11.8 Å². The Labute approximate surface area is 104 Å². The van der Waals surface area contributed by atoms with Crippen LogP contribution < -0.4 is 0 Å². The van der Waals surface area contributed by atoms with E-state index in [2.05, 4.69) is 15.4 Å². The van der Waals surface area contributed by atoms with Crippen molar-refractivity contribution in [1.29, 1.82) is 0 Å². The minimum Gasteiger partial charge on any atom is -0.377 e. The summed E-state index contributed by atoms with van der Waals surface area (Å²) in [6.07, 6.45) is 0. The number of hydrogen-bond donors (Lipinski definition) is 1. The molecule has 1 fully saturated rings. The van der Waals surface area contributed by atoms with Crippen molar-refractivity contribution in [3.8, 4) is 0 Å². The molecule has 3 rings (SSSR count). The standard InChI is InChI=1S/C12H14N4O2/c1-8-7-18-5-4-16(8)12(17)9-2-3-10-11(6-9)14-15-13-10/h2-3,6,8H,4-5,7H2,1H3,(H,13,14,15). The fraction of sp³-hybridized carbons (Fsp3) is 0.417. The zero-order valence-corrected chi connectivity index (χ0v) is 10.1. The summed E-state index contributed by atoms with van der Waals surface area (Å²) in [5, 5.41) is 10.5. The van der Waals surface area contributed by atoms with Crippen LogP contribution in [0.2, 0.25) is 0 Å². The lowest BCUT2D eigenvalue weighted by atomic mass is 10.1. The molecular formula is C12H14N4O2. The van der Waals surface area contributed by atoms with Gasteiger partial charge in [-0.05, 0) is 25.1 Å². The number of ether oxygens (including phenoxy) is 1.